The maximum Gasteiger partial charge on any atom is 0.514 e. The van der Waals surface area contributed by atoms with E-state index in [-0.39, 0.29) is 29.5 Å². The molecule has 0 aliphatic carbocycles. The molecule has 220 valence electrons. The quantitative estimate of drug-likeness (QED) is 0.0672. The molecule has 1 aromatic heterocycles. The summed E-state index contributed by atoms with van der Waals surface area (Å²) in [6.45, 7) is 5.08. The van der Waals surface area contributed by atoms with Crippen LogP contribution in [0.15, 0.2) is 72.8 Å². The molecule has 42 heavy (non-hydrogen) atoms. The molecule has 0 spiro atoms. The zero-order chi connectivity index (χ0) is 30.8. The van der Waals surface area contributed by atoms with Gasteiger partial charge in [0.1, 0.15) is 17.5 Å². The van der Waals surface area contributed by atoms with Crippen LogP contribution in [0, 0.1) is 22.0 Å². The summed E-state index contributed by atoms with van der Waals surface area (Å²) in [6.07, 6.45) is -2.58. The predicted molar refractivity (Wildman–Crippen MR) is 153 cm³/mol. The number of ether oxygens (including phenoxy) is 2. The third-order valence-electron chi connectivity index (χ3n) is 6.36. The van der Waals surface area contributed by atoms with Gasteiger partial charge in [0, 0.05) is 24.1 Å². The van der Waals surface area contributed by atoms with Crippen LogP contribution in [-0.2, 0) is 9.53 Å². The van der Waals surface area contributed by atoms with Gasteiger partial charge in [0.25, 0.3) is 5.69 Å². The fourth-order valence-electron chi connectivity index (χ4n) is 4.18. The topological polar surface area (TPSA) is 178 Å². The van der Waals surface area contributed by atoms with Crippen LogP contribution in [0.5, 0.6) is 5.75 Å². The number of pyridine rings is 1. The molecule has 1 heterocycles. The van der Waals surface area contributed by atoms with Crippen molar-refractivity contribution in [1.82, 2.24) is 10.3 Å². The average molecular weight is 577 g/mol. The number of nitrogens with zero attached hydrogens (tertiary/aromatic N) is 2. The number of benzene rings is 2. The Kier molecular flexibility index (Phi) is 11.3. The van der Waals surface area contributed by atoms with Crippen molar-refractivity contribution in [2.24, 2.45) is 11.8 Å². The first-order valence-corrected chi connectivity index (χ1v) is 13.3. The highest BCUT2D eigenvalue weighted by atomic mass is 16.7. The van der Waals surface area contributed by atoms with Crippen molar-refractivity contribution < 1.29 is 38.8 Å². The van der Waals surface area contributed by atoms with Crippen molar-refractivity contribution in [2.75, 3.05) is 0 Å². The highest BCUT2D eigenvalue weighted by molar-refractivity contribution is 6.43. The number of carbonyl (C=O) groups is 3. The van der Waals surface area contributed by atoms with Crippen LogP contribution in [0.4, 0.5) is 10.5 Å². The van der Waals surface area contributed by atoms with Crippen molar-refractivity contribution in [1.29, 1.82) is 0 Å². The highest BCUT2D eigenvalue weighted by Crippen LogP contribution is 2.22. The Morgan fingerprint density at radius 3 is 2.24 bits per heavy atom. The Hall–Kier alpha value is -4.62. The molecular formula is C29H32BN3O9. The summed E-state index contributed by atoms with van der Waals surface area (Å²) in [5.74, 6) is -3.55. The van der Waals surface area contributed by atoms with Crippen molar-refractivity contribution in [3.8, 4) is 17.0 Å². The molecular weight excluding hydrogens is 545 g/mol. The molecule has 2 aromatic carbocycles. The molecule has 1 unspecified atom stereocenters. The summed E-state index contributed by atoms with van der Waals surface area (Å²) in [4.78, 5) is 53.9. The SMILES string of the molecule is CC(C)C[C@H](NC(=O)C(CC(=O)c1cccc(-c2ccccc2)n1)[C@@H](C)OC(=O)Oc1ccc([N+](=O)[O-])cc1)B(O)O. The number of ketones is 1. The third-order valence-corrected chi connectivity index (χ3v) is 6.36. The van der Waals surface area contributed by atoms with Gasteiger partial charge in [-0.15, -0.1) is 0 Å². The molecule has 3 rings (SSSR count). The lowest BCUT2D eigenvalue weighted by Crippen LogP contribution is -2.51. The summed E-state index contributed by atoms with van der Waals surface area (Å²) in [5.41, 5.74) is 1.24. The van der Waals surface area contributed by atoms with E-state index in [4.69, 9.17) is 9.47 Å². The van der Waals surface area contributed by atoms with E-state index in [2.05, 4.69) is 10.3 Å². The van der Waals surface area contributed by atoms with Crippen LogP contribution in [-0.4, -0.2) is 57.0 Å². The second kappa shape index (κ2) is 14.9. The summed E-state index contributed by atoms with van der Waals surface area (Å²) in [5, 5.41) is 33.0. The number of nitro benzene ring substituents is 1. The molecule has 12 nitrogen and oxygen atoms in total. The first-order chi connectivity index (χ1) is 19.9. The molecule has 0 saturated carbocycles. The maximum absolute atomic E-state index is 13.4. The molecule has 3 atom stereocenters. The smallest absolute Gasteiger partial charge is 0.430 e. The molecule has 0 aliphatic heterocycles. The monoisotopic (exact) mass is 577 g/mol. The summed E-state index contributed by atoms with van der Waals surface area (Å²) >= 11 is 0. The molecule has 3 aromatic rings. The van der Waals surface area contributed by atoms with E-state index >= 15 is 0 Å². The molecule has 0 radical (unpaired) electrons. The number of hydrogen-bond acceptors (Lipinski definition) is 10. The number of hydrogen-bond donors (Lipinski definition) is 3. The number of rotatable bonds is 13. The van der Waals surface area contributed by atoms with Gasteiger partial charge in [-0.3, -0.25) is 19.7 Å². The first kappa shape index (κ1) is 31.9. The second-order valence-corrected chi connectivity index (χ2v) is 10.1. The van der Waals surface area contributed by atoms with Crippen LogP contribution in [0.3, 0.4) is 0 Å². The standard InChI is InChI=1S/C29H32BN3O9/c1-18(2)16-27(30(37)38)32-28(35)23(19(3)41-29(36)42-22-14-12-21(13-15-22)33(39)40)17-26(34)25-11-7-10-24(31-25)20-8-5-4-6-9-20/h4-15,18-19,23,27,37-38H,16-17H2,1-3H3,(H,32,35)/t19-,23?,27+/m1/s1. The van der Waals surface area contributed by atoms with Crippen LogP contribution in [0.2, 0.25) is 0 Å². The van der Waals surface area contributed by atoms with E-state index in [0.29, 0.717) is 5.69 Å². The van der Waals surface area contributed by atoms with E-state index in [1.165, 1.54) is 25.1 Å². The molecule has 0 bridgehead atoms. The van der Waals surface area contributed by atoms with Crippen LogP contribution in [0.25, 0.3) is 11.3 Å². The van der Waals surface area contributed by atoms with Crippen molar-refractivity contribution >= 4 is 30.7 Å². The zero-order valence-electron chi connectivity index (χ0n) is 23.4. The molecule has 1 amide bonds. The minimum absolute atomic E-state index is 0.00690. The molecule has 0 fully saturated rings. The van der Waals surface area contributed by atoms with Gasteiger partial charge in [0.05, 0.1) is 22.5 Å². The summed E-state index contributed by atoms with van der Waals surface area (Å²) in [7, 11) is -1.86. The highest BCUT2D eigenvalue weighted by Gasteiger charge is 2.35. The van der Waals surface area contributed by atoms with Gasteiger partial charge in [0.2, 0.25) is 5.91 Å². The molecule has 0 saturated heterocycles. The van der Waals surface area contributed by atoms with Gasteiger partial charge in [-0.25, -0.2) is 9.78 Å². The lowest BCUT2D eigenvalue weighted by atomic mass is 9.74. The number of carbonyl (C=O) groups excluding carboxylic acids is 3. The Morgan fingerprint density at radius 2 is 1.64 bits per heavy atom. The van der Waals surface area contributed by atoms with E-state index in [0.717, 1.165) is 17.7 Å². The molecule has 13 heteroatoms. The average Bonchev–Trinajstić information content (AvgIpc) is 2.95. The summed E-state index contributed by atoms with van der Waals surface area (Å²) in [6, 6.07) is 18.8. The van der Waals surface area contributed by atoms with Crippen molar-refractivity contribution in [3.05, 3.63) is 88.6 Å². The predicted octanol–water partition coefficient (Wildman–Crippen LogP) is 3.99. The van der Waals surface area contributed by atoms with Gasteiger partial charge in [0.15, 0.2) is 5.78 Å². The lowest BCUT2D eigenvalue weighted by molar-refractivity contribution is -0.384. The fourth-order valence-corrected chi connectivity index (χ4v) is 4.18. The number of Topliss-reactive ketones (excluding diaryl/α,β-unsaturated/α-hetero) is 1. The Bertz CT molecular complexity index is 1380. The van der Waals surface area contributed by atoms with Gasteiger partial charge >= 0.3 is 13.3 Å². The van der Waals surface area contributed by atoms with E-state index in [9.17, 15) is 34.5 Å². The second-order valence-electron chi connectivity index (χ2n) is 10.1. The first-order valence-electron chi connectivity index (χ1n) is 13.3. The fraction of sp³-hybridized carbons (Fsp3) is 0.310. The lowest BCUT2D eigenvalue weighted by Gasteiger charge is -2.26. The number of non-ortho nitro benzene ring substituents is 1. The Labute approximate surface area is 243 Å². The van der Waals surface area contributed by atoms with Gasteiger partial charge < -0.3 is 24.8 Å². The van der Waals surface area contributed by atoms with E-state index in [1.807, 2.05) is 44.2 Å². The van der Waals surface area contributed by atoms with Crippen LogP contribution in [0.1, 0.15) is 44.1 Å². The Balaban J connectivity index is 1.80. The number of nitro groups is 1. The van der Waals surface area contributed by atoms with Crippen molar-refractivity contribution in [3.63, 3.8) is 0 Å². The zero-order valence-corrected chi connectivity index (χ0v) is 23.4. The third kappa shape index (κ3) is 9.21. The van der Waals surface area contributed by atoms with Crippen molar-refractivity contribution in [2.45, 2.75) is 45.7 Å². The van der Waals surface area contributed by atoms with E-state index in [1.54, 1.807) is 12.1 Å². The minimum atomic E-state index is -1.86. The number of aromatic nitrogens is 1. The number of amides is 1. The number of nitrogens with one attached hydrogen (secondary N) is 1. The minimum Gasteiger partial charge on any atom is -0.430 e. The van der Waals surface area contributed by atoms with E-state index < -0.39 is 54.3 Å². The Morgan fingerprint density at radius 1 is 0.976 bits per heavy atom. The normalized spacial score (nSPS) is 13.0. The maximum atomic E-state index is 13.4. The van der Waals surface area contributed by atoms with Gasteiger partial charge in [-0.1, -0.05) is 50.2 Å². The molecule has 3 N–H and O–H groups in total. The van der Waals surface area contributed by atoms with Crippen LogP contribution >= 0.6 is 0 Å². The van der Waals surface area contributed by atoms with Crippen LogP contribution < -0.4 is 10.1 Å². The molecule has 0 aliphatic rings. The van der Waals surface area contributed by atoms with Gasteiger partial charge in [-0.05, 0) is 43.5 Å². The van der Waals surface area contributed by atoms with Gasteiger partial charge in [-0.2, -0.15) is 0 Å². The summed E-state index contributed by atoms with van der Waals surface area (Å²) < 4.78 is 10.4. The largest absolute Gasteiger partial charge is 0.514 e.